The van der Waals surface area contributed by atoms with Crippen molar-refractivity contribution in [3.05, 3.63) is 30.3 Å². The van der Waals surface area contributed by atoms with Gasteiger partial charge in [0.15, 0.2) is 0 Å². The van der Waals surface area contributed by atoms with E-state index in [1.807, 2.05) is 0 Å². The van der Waals surface area contributed by atoms with Crippen molar-refractivity contribution >= 4 is 11.6 Å². The molecule has 1 amide bonds. The summed E-state index contributed by atoms with van der Waals surface area (Å²) in [7, 11) is 0. The molecule has 3 aliphatic rings. The highest BCUT2D eigenvalue weighted by molar-refractivity contribution is 5.79. The highest BCUT2D eigenvalue weighted by atomic mass is 16.2. The van der Waals surface area contributed by atoms with Gasteiger partial charge in [0.2, 0.25) is 5.91 Å². The number of rotatable bonds is 3. The Hall–Kier alpha value is -1.55. The topological polar surface area (TPSA) is 26.8 Å². The van der Waals surface area contributed by atoms with E-state index in [0.717, 1.165) is 52.1 Å². The summed E-state index contributed by atoms with van der Waals surface area (Å²) in [6, 6.07) is 11.3. The van der Waals surface area contributed by atoms with Gasteiger partial charge in [-0.25, -0.2) is 0 Å². The molecule has 1 atom stereocenters. The van der Waals surface area contributed by atoms with E-state index in [2.05, 4.69) is 45.0 Å². The van der Waals surface area contributed by atoms with Crippen LogP contribution in [0.15, 0.2) is 30.3 Å². The van der Waals surface area contributed by atoms with Crippen LogP contribution in [0.2, 0.25) is 0 Å². The number of likely N-dealkylation sites (tertiary alicyclic amines) is 1. The molecule has 2 aliphatic heterocycles. The molecule has 1 saturated carbocycles. The van der Waals surface area contributed by atoms with Crippen LogP contribution in [0.25, 0.3) is 0 Å². The minimum Gasteiger partial charge on any atom is -0.369 e. The Kier molecular flexibility index (Phi) is 5.25. The second-order valence-electron chi connectivity index (χ2n) is 7.92. The molecule has 25 heavy (non-hydrogen) atoms. The van der Waals surface area contributed by atoms with Crippen LogP contribution in [0.5, 0.6) is 0 Å². The van der Waals surface area contributed by atoms with Crippen LogP contribution in [0.3, 0.4) is 0 Å². The number of piperazine rings is 1. The molecule has 1 aromatic rings. The average Bonchev–Trinajstić information content (AvgIpc) is 3.23. The van der Waals surface area contributed by atoms with E-state index in [1.54, 1.807) is 0 Å². The molecule has 3 fully saturated rings. The summed E-state index contributed by atoms with van der Waals surface area (Å²) in [5, 5.41) is 0. The van der Waals surface area contributed by atoms with Gasteiger partial charge in [0.1, 0.15) is 0 Å². The third kappa shape index (κ3) is 3.84. The van der Waals surface area contributed by atoms with E-state index in [4.69, 9.17) is 0 Å². The maximum atomic E-state index is 12.8. The van der Waals surface area contributed by atoms with Crippen LogP contribution in [0.4, 0.5) is 5.69 Å². The number of piperidine rings is 1. The number of anilines is 1. The number of hydrogen-bond acceptors (Lipinski definition) is 3. The van der Waals surface area contributed by atoms with Crippen molar-refractivity contribution in [2.45, 2.75) is 44.6 Å². The van der Waals surface area contributed by atoms with Gasteiger partial charge >= 0.3 is 0 Å². The molecule has 1 aliphatic carbocycles. The molecule has 4 rings (SSSR count). The predicted octanol–water partition coefficient (Wildman–Crippen LogP) is 2.99. The van der Waals surface area contributed by atoms with Gasteiger partial charge < -0.3 is 9.80 Å². The molecule has 136 valence electrons. The van der Waals surface area contributed by atoms with Crippen LogP contribution in [-0.2, 0) is 4.79 Å². The third-order valence-corrected chi connectivity index (χ3v) is 6.36. The second kappa shape index (κ2) is 7.77. The molecule has 0 bridgehead atoms. The summed E-state index contributed by atoms with van der Waals surface area (Å²) in [6.45, 7) is 6.36. The Bertz CT molecular complexity index is 562. The molecular weight excluding hydrogens is 310 g/mol. The number of benzene rings is 1. The van der Waals surface area contributed by atoms with Gasteiger partial charge in [-0.05, 0) is 37.8 Å². The number of nitrogens with zero attached hydrogens (tertiary/aromatic N) is 3. The minimum atomic E-state index is 0.327. The summed E-state index contributed by atoms with van der Waals surface area (Å²) in [5.74, 6) is 0.777. The zero-order chi connectivity index (χ0) is 17.1. The number of carbonyl (C=O) groups excluding carboxylic acids is 1. The van der Waals surface area contributed by atoms with Gasteiger partial charge in [0.25, 0.3) is 0 Å². The minimum absolute atomic E-state index is 0.327. The van der Waals surface area contributed by atoms with Gasteiger partial charge in [-0.1, -0.05) is 31.0 Å². The van der Waals surface area contributed by atoms with Crippen LogP contribution in [0.1, 0.15) is 38.5 Å². The SMILES string of the molecule is O=C(C1CCCC1)N1CCC[C@H](N2CCN(c3ccccc3)CC2)C1. The predicted molar refractivity (Wildman–Crippen MR) is 102 cm³/mol. The second-order valence-corrected chi connectivity index (χ2v) is 7.92. The first-order valence-electron chi connectivity index (χ1n) is 10.1. The lowest BCUT2D eigenvalue weighted by Crippen LogP contribution is -2.56. The quantitative estimate of drug-likeness (QED) is 0.846. The Labute approximate surface area is 151 Å². The Morgan fingerprint density at radius 1 is 0.840 bits per heavy atom. The molecule has 2 saturated heterocycles. The first-order chi connectivity index (χ1) is 12.3. The van der Waals surface area contributed by atoms with Gasteiger partial charge in [-0.3, -0.25) is 9.69 Å². The van der Waals surface area contributed by atoms with Crippen molar-refractivity contribution in [1.82, 2.24) is 9.80 Å². The molecule has 0 spiro atoms. The summed E-state index contributed by atoms with van der Waals surface area (Å²) >= 11 is 0. The third-order valence-electron chi connectivity index (χ3n) is 6.36. The summed E-state index contributed by atoms with van der Waals surface area (Å²) in [5.41, 5.74) is 1.34. The highest BCUT2D eigenvalue weighted by Gasteiger charge is 2.33. The molecular formula is C21H31N3O. The Balaban J connectivity index is 1.31. The van der Waals surface area contributed by atoms with E-state index in [1.165, 1.54) is 31.4 Å². The number of amides is 1. The van der Waals surface area contributed by atoms with Gasteiger partial charge in [-0.15, -0.1) is 0 Å². The zero-order valence-corrected chi connectivity index (χ0v) is 15.3. The normalized spacial score (nSPS) is 26.2. The van der Waals surface area contributed by atoms with E-state index >= 15 is 0 Å². The van der Waals surface area contributed by atoms with Crippen molar-refractivity contribution in [3.8, 4) is 0 Å². The molecule has 0 unspecified atom stereocenters. The van der Waals surface area contributed by atoms with Crippen molar-refractivity contribution in [2.75, 3.05) is 44.2 Å². The Morgan fingerprint density at radius 2 is 1.56 bits per heavy atom. The smallest absolute Gasteiger partial charge is 0.225 e. The standard InChI is InChI=1S/C21H31N3O/c25-21(18-7-4-5-8-18)24-12-6-11-20(17-24)23-15-13-22(14-16-23)19-9-2-1-3-10-19/h1-3,9-10,18,20H,4-8,11-17H2/t20-/m0/s1. The molecule has 2 heterocycles. The summed E-state index contributed by atoms with van der Waals surface area (Å²) in [6.07, 6.45) is 7.15. The van der Waals surface area contributed by atoms with E-state index in [0.29, 0.717) is 17.9 Å². The van der Waals surface area contributed by atoms with Crippen molar-refractivity contribution in [1.29, 1.82) is 0 Å². The van der Waals surface area contributed by atoms with E-state index in [9.17, 15) is 4.79 Å². The van der Waals surface area contributed by atoms with Crippen LogP contribution in [0, 0.1) is 5.92 Å². The molecule has 0 radical (unpaired) electrons. The average molecular weight is 341 g/mol. The molecule has 4 nitrogen and oxygen atoms in total. The fourth-order valence-corrected chi connectivity index (χ4v) is 4.87. The fraction of sp³-hybridized carbons (Fsp3) is 0.667. The van der Waals surface area contributed by atoms with Crippen molar-refractivity contribution in [3.63, 3.8) is 0 Å². The van der Waals surface area contributed by atoms with Crippen LogP contribution < -0.4 is 4.90 Å². The number of hydrogen-bond donors (Lipinski definition) is 0. The summed E-state index contributed by atoms with van der Waals surface area (Å²) < 4.78 is 0. The van der Waals surface area contributed by atoms with E-state index < -0.39 is 0 Å². The molecule has 1 aromatic carbocycles. The lowest BCUT2D eigenvalue weighted by molar-refractivity contribution is -0.137. The number of carbonyl (C=O) groups is 1. The van der Waals surface area contributed by atoms with Crippen LogP contribution in [-0.4, -0.2) is 61.0 Å². The maximum Gasteiger partial charge on any atom is 0.225 e. The van der Waals surface area contributed by atoms with E-state index in [-0.39, 0.29) is 0 Å². The van der Waals surface area contributed by atoms with Crippen LogP contribution >= 0.6 is 0 Å². The molecule has 0 N–H and O–H groups in total. The van der Waals surface area contributed by atoms with Gasteiger partial charge in [-0.2, -0.15) is 0 Å². The van der Waals surface area contributed by atoms with Gasteiger partial charge in [0.05, 0.1) is 0 Å². The maximum absolute atomic E-state index is 12.8. The largest absolute Gasteiger partial charge is 0.369 e. The zero-order valence-electron chi connectivity index (χ0n) is 15.3. The monoisotopic (exact) mass is 341 g/mol. The fourth-order valence-electron chi connectivity index (χ4n) is 4.87. The highest BCUT2D eigenvalue weighted by Crippen LogP contribution is 2.28. The van der Waals surface area contributed by atoms with Crippen molar-refractivity contribution < 1.29 is 4.79 Å². The molecule has 4 heteroatoms. The number of para-hydroxylation sites is 1. The lowest BCUT2D eigenvalue weighted by atomic mass is 9.99. The van der Waals surface area contributed by atoms with Crippen molar-refractivity contribution in [2.24, 2.45) is 5.92 Å². The molecule has 0 aromatic heterocycles. The van der Waals surface area contributed by atoms with Gasteiger partial charge in [0, 0.05) is 56.9 Å². The Morgan fingerprint density at radius 3 is 2.28 bits per heavy atom. The first-order valence-corrected chi connectivity index (χ1v) is 10.1. The summed E-state index contributed by atoms with van der Waals surface area (Å²) in [4.78, 5) is 20.1. The first kappa shape index (κ1) is 16.9. The lowest BCUT2D eigenvalue weighted by Gasteiger charge is -2.44.